The molecule has 1 atom stereocenters. The molecule has 0 aliphatic rings. The van der Waals surface area contributed by atoms with Gasteiger partial charge in [0, 0.05) is 24.5 Å². The van der Waals surface area contributed by atoms with Gasteiger partial charge in [-0.3, -0.25) is 4.79 Å². The summed E-state index contributed by atoms with van der Waals surface area (Å²) in [6.45, 7) is 11.7. The van der Waals surface area contributed by atoms with E-state index < -0.39 is 12.0 Å². The van der Waals surface area contributed by atoms with Crippen molar-refractivity contribution in [2.75, 3.05) is 0 Å². The van der Waals surface area contributed by atoms with Crippen molar-refractivity contribution in [3.63, 3.8) is 0 Å². The number of aromatic nitrogens is 1. The molecule has 2 N–H and O–H groups in total. The molecule has 1 rings (SSSR count). The Morgan fingerprint density at radius 3 is 2.44 bits per heavy atom. The van der Waals surface area contributed by atoms with Crippen LogP contribution in [0, 0.1) is 19.8 Å². The van der Waals surface area contributed by atoms with Crippen molar-refractivity contribution in [1.82, 2.24) is 9.88 Å². The number of nitrogens with one attached hydrogen (secondary N) is 1. The van der Waals surface area contributed by atoms with E-state index in [0.29, 0.717) is 6.54 Å². The van der Waals surface area contributed by atoms with Crippen LogP contribution in [-0.2, 0) is 17.9 Å². The van der Waals surface area contributed by atoms with Crippen LogP contribution in [0.3, 0.4) is 0 Å². The Morgan fingerprint density at radius 2 is 2.06 bits per heavy atom. The van der Waals surface area contributed by atoms with Gasteiger partial charge in [0.25, 0.3) is 0 Å². The highest BCUT2D eigenvalue weighted by molar-refractivity contribution is 5.73. The SMILES string of the molecule is CCn1c(C)cc(CNC(C(=O)O)C(C)C)c1C. The standard InChI is InChI=1S/C14H24N2O2/c1-6-16-10(4)7-12(11(16)5)8-15-13(9(2)3)14(17)18/h7,9,13,15H,6,8H2,1-5H3,(H,17,18). The third-order valence-corrected chi connectivity index (χ3v) is 3.44. The van der Waals surface area contributed by atoms with Crippen molar-refractivity contribution in [1.29, 1.82) is 0 Å². The number of carboxylic acids is 1. The fourth-order valence-corrected chi connectivity index (χ4v) is 2.37. The molecule has 0 saturated carbocycles. The van der Waals surface area contributed by atoms with Crippen LogP contribution in [-0.4, -0.2) is 21.7 Å². The van der Waals surface area contributed by atoms with Crippen LogP contribution in [0.5, 0.6) is 0 Å². The highest BCUT2D eigenvalue weighted by Gasteiger charge is 2.21. The molecule has 0 aliphatic heterocycles. The maximum absolute atomic E-state index is 11.1. The van der Waals surface area contributed by atoms with E-state index in [1.54, 1.807) is 0 Å². The van der Waals surface area contributed by atoms with Gasteiger partial charge in [-0.2, -0.15) is 0 Å². The predicted octanol–water partition coefficient (Wildman–Crippen LogP) is 2.32. The average molecular weight is 252 g/mol. The van der Waals surface area contributed by atoms with Crippen molar-refractivity contribution in [3.05, 3.63) is 23.0 Å². The lowest BCUT2D eigenvalue weighted by atomic mass is 10.0. The minimum Gasteiger partial charge on any atom is -0.480 e. The van der Waals surface area contributed by atoms with Crippen LogP contribution in [0.2, 0.25) is 0 Å². The number of hydrogen-bond donors (Lipinski definition) is 2. The molecule has 0 aliphatic carbocycles. The summed E-state index contributed by atoms with van der Waals surface area (Å²) in [4.78, 5) is 11.1. The topological polar surface area (TPSA) is 54.3 Å². The first kappa shape index (κ1) is 14.8. The second-order valence-electron chi connectivity index (χ2n) is 5.08. The van der Waals surface area contributed by atoms with E-state index in [4.69, 9.17) is 5.11 Å². The number of rotatable bonds is 6. The van der Waals surface area contributed by atoms with Gasteiger partial charge in [-0.15, -0.1) is 0 Å². The monoisotopic (exact) mass is 252 g/mol. The fourth-order valence-electron chi connectivity index (χ4n) is 2.37. The van der Waals surface area contributed by atoms with E-state index in [1.165, 1.54) is 17.0 Å². The van der Waals surface area contributed by atoms with E-state index >= 15 is 0 Å². The second kappa shape index (κ2) is 6.05. The van der Waals surface area contributed by atoms with Crippen LogP contribution in [0.4, 0.5) is 0 Å². The Labute approximate surface area is 109 Å². The maximum atomic E-state index is 11.1. The van der Waals surface area contributed by atoms with Gasteiger partial charge in [-0.1, -0.05) is 13.8 Å². The molecule has 0 bridgehead atoms. The molecule has 0 aromatic carbocycles. The first-order chi connectivity index (χ1) is 8.38. The Bertz CT molecular complexity index is 422. The van der Waals surface area contributed by atoms with Gasteiger partial charge in [-0.25, -0.2) is 0 Å². The number of hydrogen-bond acceptors (Lipinski definition) is 2. The van der Waals surface area contributed by atoms with Gasteiger partial charge in [0.15, 0.2) is 0 Å². The van der Waals surface area contributed by atoms with Gasteiger partial charge in [-0.05, 0) is 38.3 Å². The minimum atomic E-state index is -0.783. The zero-order valence-electron chi connectivity index (χ0n) is 11.9. The number of aliphatic carboxylic acids is 1. The molecule has 4 nitrogen and oxygen atoms in total. The molecule has 1 unspecified atom stereocenters. The highest BCUT2D eigenvalue weighted by Crippen LogP contribution is 2.15. The summed E-state index contributed by atoms with van der Waals surface area (Å²) in [7, 11) is 0. The van der Waals surface area contributed by atoms with Gasteiger partial charge < -0.3 is 15.0 Å². The summed E-state index contributed by atoms with van der Waals surface area (Å²) in [5, 5.41) is 12.3. The van der Waals surface area contributed by atoms with E-state index in [1.807, 2.05) is 13.8 Å². The molecule has 0 saturated heterocycles. The summed E-state index contributed by atoms with van der Waals surface area (Å²) in [5.74, 6) is -0.702. The zero-order valence-corrected chi connectivity index (χ0v) is 11.9. The minimum absolute atomic E-state index is 0.0807. The smallest absolute Gasteiger partial charge is 0.320 e. The molecule has 1 heterocycles. The lowest BCUT2D eigenvalue weighted by Gasteiger charge is -2.18. The van der Waals surface area contributed by atoms with Crippen LogP contribution in [0.25, 0.3) is 0 Å². The second-order valence-corrected chi connectivity index (χ2v) is 5.08. The maximum Gasteiger partial charge on any atom is 0.320 e. The third-order valence-electron chi connectivity index (χ3n) is 3.44. The first-order valence-corrected chi connectivity index (χ1v) is 6.50. The Kier molecular flexibility index (Phi) is 4.96. The summed E-state index contributed by atoms with van der Waals surface area (Å²) >= 11 is 0. The van der Waals surface area contributed by atoms with Crippen molar-refractivity contribution in [2.45, 2.75) is 53.8 Å². The van der Waals surface area contributed by atoms with E-state index in [0.717, 1.165) is 6.54 Å². The van der Waals surface area contributed by atoms with E-state index in [-0.39, 0.29) is 5.92 Å². The van der Waals surface area contributed by atoms with Crippen LogP contribution in [0.1, 0.15) is 37.7 Å². The lowest BCUT2D eigenvalue weighted by molar-refractivity contribution is -0.140. The molecule has 4 heteroatoms. The van der Waals surface area contributed by atoms with Crippen molar-refractivity contribution in [3.8, 4) is 0 Å². The van der Waals surface area contributed by atoms with Gasteiger partial charge >= 0.3 is 5.97 Å². The first-order valence-electron chi connectivity index (χ1n) is 6.50. The highest BCUT2D eigenvalue weighted by atomic mass is 16.4. The normalized spacial score (nSPS) is 13.0. The summed E-state index contributed by atoms with van der Waals surface area (Å²) in [5.41, 5.74) is 3.62. The quantitative estimate of drug-likeness (QED) is 0.817. The molecule has 1 aromatic heterocycles. The van der Waals surface area contributed by atoms with Gasteiger partial charge in [0.05, 0.1) is 0 Å². The molecular formula is C14H24N2O2. The Hall–Kier alpha value is -1.29. The van der Waals surface area contributed by atoms with Crippen molar-refractivity contribution >= 4 is 5.97 Å². The average Bonchev–Trinajstić information content (AvgIpc) is 2.53. The van der Waals surface area contributed by atoms with Crippen LogP contribution < -0.4 is 5.32 Å². The largest absolute Gasteiger partial charge is 0.480 e. The molecule has 0 spiro atoms. The number of nitrogens with zero attached hydrogens (tertiary/aromatic N) is 1. The van der Waals surface area contributed by atoms with Crippen molar-refractivity contribution < 1.29 is 9.90 Å². The number of carboxylic acid groups (broad SMARTS) is 1. The van der Waals surface area contributed by atoms with Gasteiger partial charge in [0.2, 0.25) is 0 Å². The predicted molar refractivity (Wildman–Crippen MR) is 72.7 cm³/mol. The molecule has 18 heavy (non-hydrogen) atoms. The summed E-state index contributed by atoms with van der Waals surface area (Å²) in [6.07, 6.45) is 0. The number of carbonyl (C=O) groups is 1. The molecule has 0 fully saturated rings. The zero-order chi connectivity index (χ0) is 13.9. The molecule has 102 valence electrons. The molecule has 0 amide bonds. The van der Waals surface area contributed by atoms with E-state index in [9.17, 15) is 4.79 Å². The van der Waals surface area contributed by atoms with Gasteiger partial charge in [0.1, 0.15) is 6.04 Å². The fraction of sp³-hybridized carbons (Fsp3) is 0.643. The van der Waals surface area contributed by atoms with E-state index in [2.05, 4.69) is 36.7 Å². The number of aryl methyl sites for hydroxylation is 1. The summed E-state index contributed by atoms with van der Waals surface area (Å²) < 4.78 is 2.24. The third kappa shape index (κ3) is 3.13. The Balaban J connectivity index is 2.77. The molecular weight excluding hydrogens is 228 g/mol. The van der Waals surface area contributed by atoms with Crippen LogP contribution in [0.15, 0.2) is 6.07 Å². The molecule has 1 aromatic rings. The lowest BCUT2D eigenvalue weighted by Crippen LogP contribution is -2.40. The summed E-state index contributed by atoms with van der Waals surface area (Å²) in [6, 6.07) is 1.64. The molecule has 0 radical (unpaired) electrons. The van der Waals surface area contributed by atoms with Crippen LogP contribution >= 0.6 is 0 Å². The van der Waals surface area contributed by atoms with Crippen molar-refractivity contribution in [2.24, 2.45) is 5.92 Å². The Morgan fingerprint density at radius 1 is 1.44 bits per heavy atom.